The van der Waals surface area contributed by atoms with Gasteiger partial charge < -0.3 is 14.4 Å². The van der Waals surface area contributed by atoms with E-state index in [-0.39, 0.29) is 17.8 Å². The van der Waals surface area contributed by atoms with E-state index in [2.05, 4.69) is 6.07 Å². The smallest absolute Gasteiger partial charge is 0.308 e. The molecule has 1 aliphatic heterocycles. The largest absolute Gasteiger partial charge is 0.481 e. The molecule has 0 aromatic heterocycles. The first-order valence-corrected chi connectivity index (χ1v) is 8.44. The summed E-state index contributed by atoms with van der Waals surface area (Å²) >= 11 is 0. The molecule has 5 nitrogen and oxygen atoms in total. The van der Waals surface area contributed by atoms with Gasteiger partial charge >= 0.3 is 5.97 Å². The van der Waals surface area contributed by atoms with Crippen LogP contribution in [0.25, 0.3) is 0 Å². The highest BCUT2D eigenvalue weighted by molar-refractivity contribution is 5.81. The number of benzene rings is 1. The maximum Gasteiger partial charge on any atom is 0.308 e. The summed E-state index contributed by atoms with van der Waals surface area (Å²) in [5.41, 5.74) is 3.33. The van der Waals surface area contributed by atoms with Crippen LogP contribution in [-0.2, 0) is 14.3 Å². The number of amides is 1. The van der Waals surface area contributed by atoms with E-state index in [0.29, 0.717) is 25.9 Å². The van der Waals surface area contributed by atoms with Gasteiger partial charge in [-0.25, -0.2) is 0 Å². The highest BCUT2D eigenvalue weighted by Crippen LogP contribution is 2.25. The molecule has 24 heavy (non-hydrogen) atoms. The van der Waals surface area contributed by atoms with E-state index in [1.54, 1.807) is 11.8 Å². The number of rotatable bonds is 4. The summed E-state index contributed by atoms with van der Waals surface area (Å²) < 4.78 is 10.7. The molecule has 0 N–H and O–H groups in total. The van der Waals surface area contributed by atoms with Crippen molar-refractivity contribution in [1.29, 1.82) is 0 Å². The maximum absolute atomic E-state index is 12.6. The fraction of sp³-hybridized carbons (Fsp3) is 0.579. The van der Waals surface area contributed by atoms with Gasteiger partial charge in [-0.3, -0.25) is 9.59 Å². The standard InChI is InChI=1S/C19H27NO4/c1-12-10-13(2)14(3)17(11-12)24-15(4)18(21)20-8-6-16(7-9-20)19(22)23-5/h10-11,15-16H,6-9H2,1-5H3/t15-/m0/s1. The zero-order valence-electron chi connectivity index (χ0n) is 15.2. The number of piperidine rings is 1. The number of nitrogens with zero attached hydrogens (tertiary/aromatic N) is 1. The first kappa shape index (κ1) is 18.3. The summed E-state index contributed by atoms with van der Waals surface area (Å²) in [6.07, 6.45) is 0.751. The van der Waals surface area contributed by atoms with Gasteiger partial charge in [0.05, 0.1) is 13.0 Å². The van der Waals surface area contributed by atoms with E-state index in [0.717, 1.165) is 22.4 Å². The van der Waals surface area contributed by atoms with Crippen molar-refractivity contribution in [2.75, 3.05) is 20.2 Å². The van der Waals surface area contributed by atoms with Crippen molar-refractivity contribution >= 4 is 11.9 Å². The van der Waals surface area contributed by atoms with Gasteiger partial charge in [0.2, 0.25) is 0 Å². The Labute approximate surface area is 143 Å². The van der Waals surface area contributed by atoms with E-state index in [1.807, 2.05) is 26.8 Å². The lowest BCUT2D eigenvalue weighted by Crippen LogP contribution is -2.45. The van der Waals surface area contributed by atoms with Crippen molar-refractivity contribution in [2.45, 2.75) is 46.6 Å². The summed E-state index contributed by atoms with van der Waals surface area (Å²) in [7, 11) is 1.40. The highest BCUT2D eigenvalue weighted by Gasteiger charge is 2.30. The fourth-order valence-electron chi connectivity index (χ4n) is 3.12. The molecular formula is C19H27NO4. The Kier molecular flexibility index (Phi) is 5.86. The molecule has 1 fully saturated rings. The van der Waals surface area contributed by atoms with E-state index in [4.69, 9.17) is 9.47 Å². The molecule has 0 unspecified atom stereocenters. The molecule has 132 valence electrons. The van der Waals surface area contributed by atoms with Gasteiger partial charge in [0, 0.05) is 13.1 Å². The summed E-state index contributed by atoms with van der Waals surface area (Å²) in [6, 6.07) is 4.07. The summed E-state index contributed by atoms with van der Waals surface area (Å²) in [5.74, 6) is 0.448. The van der Waals surface area contributed by atoms with Crippen LogP contribution >= 0.6 is 0 Å². The Morgan fingerprint density at radius 3 is 2.38 bits per heavy atom. The van der Waals surface area contributed by atoms with Crippen LogP contribution in [0.3, 0.4) is 0 Å². The van der Waals surface area contributed by atoms with Gasteiger partial charge in [-0.15, -0.1) is 0 Å². The number of hydrogen-bond donors (Lipinski definition) is 0. The molecule has 0 bridgehead atoms. The van der Waals surface area contributed by atoms with E-state index in [1.165, 1.54) is 7.11 Å². The molecule has 1 aromatic rings. The third kappa shape index (κ3) is 4.08. The van der Waals surface area contributed by atoms with Crippen LogP contribution in [0.2, 0.25) is 0 Å². The first-order chi connectivity index (χ1) is 11.3. The average molecular weight is 333 g/mol. The molecule has 1 aromatic carbocycles. The third-order valence-corrected chi connectivity index (χ3v) is 4.76. The number of carbonyl (C=O) groups excluding carboxylic acids is 2. The minimum absolute atomic E-state index is 0.0307. The van der Waals surface area contributed by atoms with Crippen LogP contribution in [0.5, 0.6) is 5.75 Å². The second-order valence-electron chi connectivity index (χ2n) is 6.59. The fourth-order valence-corrected chi connectivity index (χ4v) is 3.12. The molecule has 0 aliphatic carbocycles. The molecule has 1 aliphatic rings. The number of aryl methyl sites for hydroxylation is 2. The molecule has 0 saturated carbocycles. The van der Waals surface area contributed by atoms with E-state index < -0.39 is 6.10 Å². The minimum Gasteiger partial charge on any atom is -0.481 e. The number of methoxy groups -OCH3 is 1. The normalized spacial score (nSPS) is 16.6. The lowest BCUT2D eigenvalue weighted by Gasteiger charge is -2.32. The number of likely N-dealkylation sites (tertiary alicyclic amines) is 1. The molecule has 1 saturated heterocycles. The van der Waals surface area contributed by atoms with Crippen molar-refractivity contribution in [2.24, 2.45) is 5.92 Å². The summed E-state index contributed by atoms with van der Waals surface area (Å²) in [5, 5.41) is 0. The number of ether oxygens (including phenoxy) is 2. The number of esters is 1. The first-order valence-electron chi connectivity index (χ1n) is 8.44. The quantitative estimate of drug-likeness (QED) is 0.795. The second kappa shape index (κ2) is 7.69. The summed E-state index contributed by atoms with van der Waals surface area (Å²) in [4.78, 5) is 26.0. The third-order valence-electron chi connectivity index (χ3n) is 4.76. The monoisotopic (exact) mass is 333 g/mol. The predicted molar refractivity (Wildman–Crippen MR) is 92.1 cm³/mol. The van der Waals surface area contributed by atoms with Crippen molar-refractivity contribution in [3.8, 4) is 5.75 Å². The Morgan fingerprint density at radius 1 is 1.17 bits per heavy atom. The van der Waals surface area contributed by atoms with Crippen molar-refractivity contribution < 1.29 is 19.1 Å². The van der Waals surface area contributed by atoms with Crippen LogP contribution in [-0.4, -0.2) is 43.1 Å². The molecule has 0 radical (unpaired) electrons. The Morgan fingerprint density at radius 2 is 1.79 bits per heavy atom. The molecule has 1 heterocycles. The van der Waals surface area contributed by atoms with Crippen LogP contribution in [0.1, 0.15) is 36.5 Å². The van der Waals surface area contributed by atoms with Gasteiger partial charge in [-0.05, 0) is 63.3 Å². The molecule has 1 atom stereocenters. The van der Waals surface area contributed by atoms with Crippen LogP contribution in [0.15, 0.2) is 12.1 Å². The van der Waals surface area contributed by atoms with Gasteiger partial charge in [-0.1, -0.05) is 6.07 Å². The predicted octanol–water partition coefficient (Wildman–Crippen LogP) is 2.79. The van der Waals surface area contributed by atoms with Gasteiger partial charge in [0.1, 0.15) is 5.75 Å². The zero-order valence-corrected chi connectivity index (χ0v) is 15.2. The van der Waals surface area contributed by atoms with E-state index in [9.17, 15) is 9.59 Å². The average Bonchev–Trinajstić information content (AvgIpc) is 2.57. The Balaban J connectivity index is 1.97. The van der Waals surface area contributed by atoms with Crippen molar-refractivity contribution in [1.82, 2.24) is 4.90 Å². The molecule has 2 rings (SSSR count). The molecule has 5 heteroatoms. The van der Waals surface area contributed by atoms with Crippen molar-refractivity contribution in [3.63, 3.8) is 0 Å². The van der Waals surface area contributed by atoms with E-state index >= 15 is 0 Å². The number of hydrogen-bond acceptors (Lipinski definition) is 4. The highest BCUT2D eigenvalue weighted by atomic mass is 16.5. The molecule has 0 spiro atoms. The maximum atomic E-state index is 12.6. The van der Waals surface area contributed by atoms with Crippen LogP contribution < -0.4 is 4.74 Å². The molecular weight excluding hydrogens is 306 g/mol. The SMILES string of the molecule is COC(=O)C1CCN(C(=O)[C@H](C)Oc2cc(C)cc(C)c2C)CC1. The van der Waals surface area contributed by atoms with Crippen molar-refractivity contribution in [3.05, 3.63) is 28.8 Å². The van der Waals surface area contributed by atoms with Gasteiger partial charge in [0.25, 0.3) is 5.91 Å². The van der Waals surface area contributed by atoms with Crippen LogP contribution in [0.4, 0.5) is 0 Å². The Hall–Kier alpha value is -2.04. The Bertz CT molecular complexity index is 618. The van der Waals surface area contributed by atoms with Gasteiger partial charge in [0.15, 0.2) is 6.10 Å². The summed E-state index contributed by atoms with van der Waals surface area (Å²) in [6.45, 7) is 8.98. The second-order valence-corrected chi connectivity index (χ2v) is 6.59. The minimum atomic E-state index is -0.542. The van der Waals surface area contributed by atoms with Gasteiger partial charge in [-0.2, -0.15) is 0 Å². The molecule has 1 amide bonds. The lowest BCUT2D eigenvalue weighted by atomic mass is 9.97. The topological polar surface area (TPSA) is 55.8 Å². The zero-order chi connectivity index (χ0) is 17.9. The number of carbonyl (C=O) groups is 2. The lowest BCUT2D eigenvalue weighted by molar-refractivity contribution is -0.150. The van der Waals surface area contributed by atoms with Crippen LogP contribution in [0, 0.1) is 26.7 Å².